The van der Waals surface area contributed by atoms with Crippen molar-refractivity contribution in [3.05, 3.63) is 57.5 Å². The van der Waals surface area contributed by atoms with Crippen molar-refractivity contribution < 1.29 is 9.47 Å². The molecule has 0 aliphatic rings. The summed E-state index contributed by atoms with van der Waals surface area (Å²) in [4.78, 5) is 0.355. The molecule has 0 spiro atoms. The molecule has 0 atom stereocenters. The van der Waals surface area contributed by atoms with E-state index in [0.29, 0.717) is 23.2 Å². The fourth-order valence-corrected chi connectivity index (χ4v) is 2.36. The normalized spacial score (nSPS) is 10.2. The first-order valence-corrected chi connectivity index (χ1v) is 7.74. The molecule has 2 rings (SSSR count). The third kappa shape index (κ3) is 4.88. The van der Waals surface area contributed by atoms with Crippen molar-refractivity contribution in [2.75, 3.05) is 13.2 Å². The Morgan fingerprint density at radius 1 is 1.10 bits per heavy atom. The van der Waals surface area contributed by atoms with Gasteiger partial charge in [-0.05, 0) is 58.4 Å². The van der Waals surface area contributed by atoms with E-state index in [4.69, 9.17) is 39.0 Å². The number of nitrogens with two attached hydrogens (primary N) is 1. The van der Waals surface area contributed by atoms with Gasteiger partial charge in [-0.2, -0.15) is 0 Å². The van der Waals surface area contributed by atoms with Crippen molar-refractivity contribution in [2.45, 2.75) is 0 Å². The SMILES string of the molecule is NC(=S)c1ccc(OCCOc2ccc(Cl)cc2)c(Br)c1. The first-order valence-electron chi connectivity index (χ1n) is 6.17. The van der Waals surface area contributed by atoms with Gasteiger partial charge in [-0.1, -0.05) is 23.8 Å². The monoisotopic (exact) mass is 385 g/mol. The van der Waals surface area contributed by atoms with E-state index < -0.39 is 0 Å². The van der Waals surface area contributed by atoms with Gasteiger partial charge in [0.2, 0.25) is 0 Å². The molecule has 0 saturated carbocycles. The predicted molar refractivity (Wildman–Crippen MR) is 92.5 cm³/mol. The van der Waals surface area contributed by atoms with Gasteiger partial charge in [0.25, 0.3) is 0 Å². The first kappa shape index (κ1) is 16.1. The molecular formula is C15H13BrClNO2S. The summed E-state index contributed by atoms with van der Waals surface area (Å²) >= 11 is 14.1. The minimum atomic E-state index is 0.355. The lowest BCUT2D eigenvalue weighted by Crippen LogP contribution is -2.11. The molecule has 2 aromatic carbocycles. The maximum atomic E-state index is 5.80. The Morgan fingerprint density at radius 2 is 1.76 bits per heavy atom. The molecular weight excluding hydrogens is 374 g/mol. The summed E-state index contributed by atoms with van der Waals surface area (Å²) in [7, 11) is 0. The summed E-state index contributed by atoms with van der Waals surface area (Å²) in [6.07, 6.45) is 0. The van der Waals surface area contributed by atoms with E-state index in [9.17, 15) is 0 Å². The molecule has 0 aliphatic heterocycles. The van der Waals surface area contributed by atoms with Crippen molar-refractivity contribution >= 4 is 44.7 Å². The average Bonchev–Trinajstić information content (AvgIpc) is 2.46. The smallest absolute Gasteiger partial charge is 0.133 e. The standard InChI is InChI=1S/C15H13BrClNO2S/c16-13-9-10(15(18)21)1-6-14(13)20-8-7-19-12-4-2-11(17)3-5-12/h1-6,9H,7-8H2,(H2,18,21). The second-order valence-electron chi connectivity index (χ2n) is 4.16. The van der Waals surface area contributed by atoms with Gasteiger partial charge in [-0.25, -0.2) is 0 Å². The fourth-order valence-electron chi connectivity index (χ4n) is 1.61. The highest BCUT2D eigenvalue weighted by molar-refractivity contribution is 9.10. The zero-order chi connectivity index (χ0) is 15.2. The van der Waals surface area contributed by atoms with Gasteiger partial charge in [0, 0.05) is 10.6 Å². The van der Waals surface area contributed by atoms with Crippen LogP contribution in [0.25, 0.3) is 0 Å². The predicted octanol–water partition coefficient (Wildman–Crippen LogP) is 4.19. The zero-order valence-corrected chi connectivity index (χ0v) is 14.2. The van der Waals surface area contributed by atoms with Crippen LogP contribution in [0.4, 0.5) is 0 Å². The van der Waals surface area contributed by atoms with Gasteiger partial charge in [0.05, 0.1) is 4.47 Å². The van der Waals surface area contributed by atoms with Crippen LogP contribution in [0, 0.1) is 0 Å². The minimum Gasteiger partial charge on any atom is -0.490 e. The number of ether oxygens (including phenoxy) is 2. The first-order chi connectivity index (χ1) is 10.1. The van der Waals surface area contributed by atoms with Crippen LogP contribution in [-0.2, 0) is 0 Å². The Balaban J connectivity index is 1.83. The maximum Gasteiger partial charge on any atom is 0.133 e. The van der Waals surface area contributed by atoms with Gasteiger partial charge in [0.15, 0.2) is 0 Å². The lowest BCUT2D eigenvalue weighted by molar-refractivity contribution is 0.216. The van der Waals surface area contributed by atoms with Crippen LogP contribution in [0.15, 0.2) is 46.9 Å². The van der Waals surface area contributed by atoms with Crippen LogP contribution < -0.4 is 15.2 Å². The summed E-state index contributed by atoms with van der Waals surface area (Å²) in [6, 6.07) is 12.7. The molecule has 21 heavy (non-hydrogen) atoms. The van der Waals surface area contributed by atoms with Crippen molar-refractivity contribution in [3.8, 4) is 11.5 Å². The highest BCUT2D eigenvalue weighted by Gasteiger charge is 2.04. The number of halogens is 2. The highest BCUT2D eigenvalue weighted by Crippen LogP contribution is 2.26. The van der Waals surface area contributed by atoms with Gasteiger partial charge < -0.3 is 15.2 Å². The van der Waals surface area contributed by atoms with Crippen LogP contribution in [0.1, 0.15) is 5.56 Å². The van der Waals surface area contributed by atoms with Crippen molar-refractivity contribution in [2.24, 2.45) is 5.73 Å². The molecule has 0 aromatic heterocycles. The number of hydrogen-bond donors (Lipinski definition) is 1. The molecule has 0 aliphatic carbocycles. The minimum absolute atomic E-state index is 0.355. The van der Waals surface area contributed by atoms with Crippen molar-refractivity contribution in [3.63, 3.8) is 0 Å². The van der Waals surface area contributed by atoms with Crippen LogP contribution in [0.2, 0.25) is 5.02 Å². The summed E-state index contributed by atoms with van der Waals surface area (Å²) in [6.45, 7) is 0.860. The molecule has 0 heterocycles. The molecule has 0 amide bonds. The largest absolute Gasteiger partial charge is 0.490 e. The van der Waals surface area contributed by atoms with E-state index in [2.05, 4.69) is 15.9 Å². The Hall–Kier alpha value is -1.30. The van der Waals surface area contributed by atoms with Gasteiger partial charge in [-0.15, -0.1) is 0 Å². The van der Waals surface area contributed by atoms with Crippen LogP contribution in [0.5, 0.6) is 11.5 Å². The summed E-state index contributed by atoms with van der Waals surface area (Å²) in [5, 5.41) is 0.681. The lowest BCUT2D eigenvalue weighted by atomic mass is 10.2. The summed E-state index contributed by atoms with van der Waals surface area (Å²) in [5.74, 6) is 1.47. The molecule has 3 nitrogen and oxygen atoms in total. The lowest BCUT2D eigenvalue weighted by Gasteiger charge is -2.10. The molecule has 2 N–H and O–H groups in total. The molecule has 110 valence electrons. The molecule has 0 bridgehead atoms. The third-order valence-corrected chi connectivity index (χ3v) is 3.75. The molecule has 2 aromatic rings. The number of rotatable bonds is 6. The Kier molecular flexibility index (Phi) is 5.85. The van der Waals surface area contributed by atoms with E-state index in [0.717, 1.165) is 21.5 Å². The Labute approximate surface area is 142 Å². The molecule has 6 heteroatoms. The number of thiocarbonyl (C=S) groups is 1. The van der Waals surface area contributed by atoms with E-state index in [1.165, 1.54) is 0 Å². The second-order valence-corrected chi connectivity index (χ2v) is 5.89. The van der Waals surface area contributed by atoms with E-state index in [1.54, 1.807) is 12.1 Å². The summed E-state index contributed by atoms with van der Waals surface area (Å²) in [5.41, 5.74) is 6.36. The molecule has 0 saturated heterocycles. The van der Waals surface area contributed by atoms with Crippen LogP contribution in [0.3, 0.4) is 0 Å². The van der Waals surface area contributed by atoms with Gasteiger partial charge in [-0.3, -0.25) is 0 Å². The Bertz CT molecular complexity index is 634. The van der Waals surface area contributed by atoms with E-state index in [1.807, 2.05) is 30.3 Å². The second kappa shape index (κ2) is 7.64. The number of hydrogen-bond acceptors (Lipinski definition) is 3. The number of benzene rings is 2. The highest BCUT2D eigenvalue weighted by atomic mass is 79.9. The van der Waals surface area contributed by atoms with Crippen molar-refractivity contribution in [1.29, 1.82) is 0 Å². The van der Waals surface area contributed by atoms with Gasteiger partial charge in [0.1, 0.15) is 29.7 Å². The summed E-state index contributed by atoms with van der Waals surface area (Å²) < 4.78 is 12.0. The maximum absolute atomic E-state index is 5.80. The zero-order valence-electron chi connectivity index (χ0n) is 11.0. The average molecular weight is 387 g/mol. The van der Waals surface area contributed by atoms with Crippen molar-refractivity contribution in [1.82, 2.24) is 0 Å². The van der Waals surface area contributed by atoms with E-state index in [-0.39, 0.29) is 0 Å². The van der Waals surface area contributed by atoms with Crippen LogP contribution >= 0.6 is 39.7 Å². The van der Waals surface area contributed by atoms with E-state index >= 15 is 0 Å². The molecule has 0 radical (unpaired) electrons. The molecule has 0 unspecified atom stereocenters. The Morgan fingerprint density at radius 3 is 2.38 bits per heavy atom. The molecule has 0 fully saturated rings. The fraction of sp³-hybridized carbons (Fsp3) is 0.133. The quantitative estimate of drug-likeness (QED) is 0.597. The van der Waals surface area contributed by atoms with Gasteiger partial charge >= 0.3 is 0 Å². The third-order valence-electron chi connectivity index (χ3n) is 2.64. The van der Waals surface area contributed by atoms with Crippen LogP contribution in [-0.4, -0.2) is 18.2 Å². The topological polar surface area (TPSA) is 44.5 Å².